The molecule has 10 aromatic heterocycles. The Kier molecular flexibility index (Phi) is 13.3. The third-order valence-corrected chi connectivity index (χ3v) is 15.4. The summed E-state index contributed by atoms with van der Waals surface area (Å²) in [5, 5.41) is 0. The first-order valence-electron chi connectivity index (χ1n) is 26.5. The molecule has 376 valence electrons. The Morgan fingerprint density at radius 1 is 0.316 bits per heavy atom. The van der Waals surface area contributed by atoms with Crippen LogP contribution in [0.3, 0.4) is 0 Å². The van der Waals surface area contributed by atoms with Crippen molar-refractivity contribution in [3.8, 4) is 56.3 Å². The number of pyridine rings is 10. The number of aromatic nitrogens is 10. The highest BCUT2D eigenvalue weighted by Crippen LogP contribution is 2.33. The minimum atomic E-state index is 0.980. The molecule has 5 aliphatic rings. The lowest BCUT2D eigenvalue weighted by Crippen LogP contribution is -2.32. The van der Waals surface area contributed by atoms with Gasteiger partial charge in [0.1, 0.15) is 0 Å². The van der Waals surface area contributed by atoms with E-state index in [2.05, 4.69) is 252 Å². The molecule has 5 aliphatic heterocycles. The van der Waals surface area contributed by atoms with E-state index in [1.165, 1.54) is 106 Å². The van der Waals surface area contributed by atoms with Crippen LogP contribution >= 0.6 is 0 Å². The van der Waals surface area contributed by atoms with Gasteiger partial charge < -0.3 is 0 Å². The molecule has 15 rings (SSSR count). The van der Waals surface area contributed by atoms with Crippen molar-refractivity contribution in [3.05, 3.63) is 237 Å². The van der Waals surface area contributed by atoms with Crippen LogP contribution in [0.25, 0.3) is 56.3 Å². The summed E-state index contributed by atoms with van der Waals surface area (Å²) in [6, 6.07) is 34.4. The van der Waals surface area contributed by atoms with Crippen molar-refractivity contribution in [1.29, 1.82) is 0 Å². The molecule has 0 radical (unpaired) electrons. The van der Waals surface area contributed by atoms with Gasteiger partial charge in [0.15, 0.2) is 63.7 Å². The Labute approximate surface area is 447 Å². The Bertz CT molecular complexity index is 3950. The zero-order valence-corrected chi connectivity index (χ0v) is 45.9. The zero-order valence-electron chi connectivity index (χ0n) is 45.9. The Morgan fingerprint density at radius 2 is 0.684 bits per heavy atom. The summed E-state index contributed by atoms with van der Waals surface area (Å²) in [6.45, 7) is 28.0. The van der Waals surface area contributed by atoms with Crippen molar-refractivity contribution < 1.29 is 22.8 Å². The maximum Gasteiger partial charge on any atom is 0.215 e. The Morgan fingerprint density at radius 3 is 1.14 bits per heavy atom. The number of hydrogen-bond donors (Lipinski definition) is 0. The van der Waals surface area contributed by atoms with E-state index in [0.717, 1.165) is 72.6 Å². The molecule has 0 amide bonds. The number of hydrogen-bond acceptors (Lipinski definition) is 5. The molecule has 0 N–H and O–H groups in total. The molecule has 10 heteroatoms. The Balaban J connectivity index is 0.000000101. The molecule has 0 saturated carbocycles. The Hall–Kier alpha value is -8.50. The van der Waals surface area contributed by atoms with E-state index in [1.807, 2.05) is 18.6 Å². The van der Waals surface area contributed by atoms with Crippen LogP contribution in [-0.2, 0) is 32.7 Å². The van der Waals surface area contributed by atoms with Gasteiger partial charge in [0.25, 0.3) is 0 Å². The van der Waals surface area contributed by atoms with Crippen LogP contribution in [-0.4, -0.2) is 24.9 Å². The molecule has 10 nitrogen and oxygen atoms in total. The van der Waals surface area contributed by atoms with Crippen molar-refractivity contribution in [2.45, 2.75) is 109 Å². The van der Waals surface area contributed by atoms with Gasteiger partial charge in [-0.2, -0.15) is 22.8 Å². The predicted octanol–water partition coefficient (Wildman–Crippen LogP) is 10.4. The standard InChI is InChI=1S/2C14H15N2.2C13H13N2.C12H11N2/c1-9-6-13-14-11(3)15-5-4-12(14)8-16(13)7-10(9)2;1-9-4-5-16-8-12-7-10(2)15-11(3)14(12)13(16)6-9;1-9-4-6-15-8-11-3-5-14-10(2)13(11)12(15)7-9;1-9-7-11-8-15-6-4-3-5-12(15)13(11)10(2)14-9;1-9-12-10(5-6-13-9)8-14-7-3-2-4-11(12)14/h2*4-7H,8H2,1-3H3;2*3-7H,8H2,1-2H3;2-7H,8H2,1H3/q5*+1. The molecular formula is C66H67N10+5. The minimum Gasteiger partial charge on any atom is -0.261 e. The molecule has 0 spiro atoms. The number of nitrogens with zero attached hydrogens (tertiary/aromatic N) is 10. The summed E-state index contributed by atoms with van der Waals surface area (Å²) < 4.78 is 11.4. The summed E-state index contributed by atoms with van der Waals surface area (Å²) in [7, 11) is 0. The van der Waals surface area contributed by atoms with Gasteiger partial charge in [0.2, 0.25) is 28.5 Å². The predicted molar refractivity (Wildman–Crippen MR) is 297 cm³/mol. The van der Waals surface area contributed by atoms with Crippen molar-refractivity contribution in [2.24, 2.45) is 0 Å². The highest BCUT2D eigenvalue weighted by Gasteiger charge is 2.32. The lowest BCUT2D eigenvalue weighted by Gasteiger charge is -2.01. The first kappa shape index (κ1) is 49.7. The first-order valence-corrected chi connectivity index (χ1v) is 26.5. The lowest BCUT2D eigenvalue weighted by atomic mass is 10.0. The molecule has 10 aromatic rings. The van der Waals surface area contributed by atoms with Crippen LogP contribution in [0.2, 0.25) is 0 Å². The second-order valence-electron chi connectivity index (χ2n) is 21.1. The van der Waals surface area contributed by atoms with Crippen molar-refractivity contribution >= 4 is 0 Å². The van der Waals surface area contributed by atoms with Crippen LogP contribution in [0.1, 0.15) is 89.9 Å². The van der Waals surface area contributed by atoms with E-state index in [-0.39, 0.29) is 0 Å². The molecule has 0 aliphatic carbocycles. The smallest absolute Gasteiger partial charge is 0.215 e. The summed E-state index contributed by atoms with van der Waals surface area (Å²) >= 11 is 0. The third kappa shape index (κ3) is 9.48. The van der Waals surface area contributed by atoms with Gasteiger partial charge in [-0.15, -0.1) is 0 Å². The van der Waals surface area contributed by atoms with E-state index in [0.29, 0.717) is 0 Å². The van der Waals surface area contributed by atoms with Crippen LogP contribution in [0.15, 0.2) is 147 Å². The summed E-state index contributed by atoms with van der Waals surface area (Å²) in [4.78, 5) is 22.2. The summed E-state index contributed by atoms with van der Waals surface area (Å²) in [5.41, 5.74) is 33.2. The number of rotatable bonds is 0. The van der Waals surface area contributed by atoms with E-state index < -0.39 is 0 Å². The molecule has 15 heterocycles. The van der Waals surface area contributed by atoms with Gasteiger partial charge in [-0.3, -0.25) is 24.9 Å². The van der Waals surface area contributed by atoms with Gasteiger partial charge in [0.05, 0.1) is 56.3 Å². The molecule has 0 unspecified atom stereocenters. The second kappa shape index (κ2) is 20.3. The molecule has 76 heavy (non-hydrogen) atoms. The fraction of sp³-hybridized carbons (Fsp3) is 0.242. The molecule has 0 bridgehead atoms. The highest BCUT2D eigenvalue weighted by atomic mass is 15.0. The third-order valence-electron chi connectivity index (χ3n) is 15.4. The largest absolute Gasteiger partial charge is 0.261 e. The van der Waals surface area contributed by atoms with Gasteiger partial charge in [-0.25, -0.2) is 0 Å². The average Bonchev–Trinajstić information content (AvgIpc) is 4.23. The maximum atomic E-state index is 4.56. The minimum absolute atomic E-state index is 0.980. The first-order chi connectivity index (χ1) is 36.7. The molecule has 0 aromatic carbocycles. The van der Waals surface area contributed by atoms with E-state index in [1.54, 1.807) is 0 Å². The topological polar surface area (TPSA) is 83.9 Å². The molecule has 0 atom stereocenters. The van der Waals surface area contributed by atoms with Gasteiger partial charge in [-0.05, 0) is 135 Å². The van der Waals surface area contributed by atoms with Gasteiger partial charge >= 0.3 is 0 Å². The second-order valence-corrected chi connectivity index (χ2v) is 21.1. The fourth-order valence-electron chi connectivity index (χ4n) is 11.8. The van der Waals surface area contributed by atoms with Gasteiger partial charge in [0, 0.05) is 118 Å². The van der Waals surface area contributed by atoms with Crippen molar-refractivity contribution in [1.82, 2.24) is 24.9 Å². The van der Waals surface area contributed by atoms with Crippen LogP contribution in [0, 0.1) is 76.2 Å². The van der Waals surface area contributed by atoms with E-state index in [9.17, 15) is 0 Å². The monoisotopic (exact) mass is 1000 g/mol. The van der Waals surface area contributed by atoms with Gasteiger partial charge in [-0.1, -0.05) is 0 Å². The maximum absolute atomic E-state index is 4.56. The van der Waals surface area contributed by atoms with E-state index in [4.69, 9.17) is 0 Å². The van der Waals surface area contributed by atoms with Crippen LogP contribution in [0.4, 0.5) is 0 Å². The molecule has 0 saturated heterocycles. The lowest BCUT2D eigenvalue weighted by molar-refractivity contribution is -0.672. The molecular weight excluding hydrogens is 933 g/mol. The van der Waals surface area contributed by atoms with Crippen molar-refractivity contribution in [2.75, 3.05) is 0 Å². The summed E-state index contributed by atoms with van der Waals surface area (Å²) in [5.74, 6) is 0. The number of aryl methyl sites for hydroxylation is 11. The SMILES string of the molecule is Cc1cc2[n+](cc1C)Cc1ccnc(C)c1-2.Cc1cc2c(c(C)n1)-c1cccc[n+]1C2.Cc1cc[n+]2c(c1)-c1c(cc(C)nc1C)C2.Cc1cc[n+]2c(c1)-c1c(ccnc1C)C2.Cc1nccc2c1-c1cccc[n+]1C2. The van der Waals surface area contributed by atoms with Crippen molar-refractivity contribution in [3.63, 3.8) is 0 Å². The molecule has 0 fully saturated rings. The quantitative estimate of drug-likeness (QED) is 0.141. The van der Waals surface area contributed by atoms with Crippen LogP contribution in [0.5, 0.6) is 0 Å². The normalized spacial score (nSPS) is 12.4. The highest BCUT2D eigenvalue weighted by molar-refractivity contribution is 5.69. The fourth-order valence-corrected chi connectivity index (χ4v) is 11.8. The zero-order chi connectivity index (χ0) is 52.9. The van der Waals surface area contributed by atoms with Crippen LogP contribution < -0.4 is 22.8 Å². The summed E-state index contributed by atoms with van der Waals surface area (Å²) in [6.07, 6.45) is 16.5. The number of fused-ring (bicyclic) bond motifs is 15. The van der Waals surface area contributed by atoms with E-state index >= 15 is 0 Å². The average molecular weight is 1000 g/mol.